The number of nitrogens with one attached hydrogen (secondary N) is 3. The number of methoxy groups -OCH3 is 1. The van der Waals surface area contributed by atoms with Gasteiger partial charge < -0.3 is 25.3 Å². The Bertz CT molecular complexity index is 1200. The standard InChI is InChI=1S/C27H33N5O4/c1-36-23-10-4-9-21-20(23)13-22(31-21)27(35)32-15-17-6-2-3-8-19(17)24(32)26(34)30-18(14-28)12-16-7-5-11-29-25(16)33/h4,9-10,13,16-19,24,31H,2-3,5-8,11-12,15H2,1H3,(H,29,33)(H,30,34)/t16?,17?,18-,19?,24-/m0/s1. The molecule has 2 aromatic rings. The molecule has 9 nitrogen and oxygen atoms in total. The Morgan fingerprint density at radius 3 is 2.86 bits per heavy atom. The quantitative estimate of drug-likeness (QED) is 0.573. The number of benzene rings is 1. The van der Waals surface area contributed by atoms with Crippen molar-refractivity contribution >= 4 is 28.6 Å². The molecule has 1 aromatic heterocycles. The lowest BCUT2D eigenvalue weighted by Gasteiger charge is -2.30. The van der Waals surface area contributed by atoms with E-state index in [9.17, 15) is 19.6 Å². The Kier molecular flexibility index (Phi) is 6.86. The number of carbonyl (C=O) groups excluding carboxylic acids is 3. The van der Waals surface area contributed by atoms with Crippen molar-refractivity contribution in [2.75, 3.05) is 20.2 Å². The second kappa shape index (κ2) is 10.2. The fourth-order valence-electron chi connectivity index (χ4n) is 6.34. The van der Waals surface area contributed by atoms with Crippen LogP contribution in [0.2, 0.25) is 0 Å². The number of fused-ring (bicyclic) bond motifs is 2. The molecule has 3 aliphatic rings. The summed E-state index contributed by atoms with van der Waals surface area (Å²) < 4.78 is 5.44. The number of nitrogens with zero attached hydrogens (tertiary/aromatic N) is 2. The average Bonchev–Trinajstić information content (AvgIpc) is 3.51. The van der Waals surface area contributed by atoms with Crippen LogP contribution in [0.15, 0.2) is 24.3 Å². The van der Waals surface area contributed by atoms with E-state index in [0.29, 0.717) is 31.0 Å². The minimum Gasteiger partial charge on any atom is -0.496 e. The molecule has 190 valence electrons. The Balaban J connectivity index is 1.38. The van der Waals surface area contributed by atoms with Crippen LogP contribution in [0, 0.1) is 29.1 Å². The molecule has 1 aromatic carbocycles. The third-order valence-electron chi connectivity index (χ3n) is 8.14. The van der Waals surface area contributed by atoms with Crippen molar-refractivity contribution in [2.45, 2.75) is 57.0 Å². The van der Waals surface area contributed by atoms with Crippen LogP contribution in [0.4, 0.5) is 0 Å². The van der Waals surface area contributed by atoms with Crippen molar-refractivity contribution in [3.63, 3.8) is 0 Å². The van der Waals surface area contributed by atoms with Crippen LogP contribution in [0.3, 0.4) is 0 Å². The highest BCUT2D eigenvalue weighted by Crippen LogP contribution is 2.41. The van der Waals surface area contributed by atoms with Gasteiger partial charge in [-0.25, -0.2) is 0 Å². The van der Waals surface area contributed by atoms with E-state index in [2.05, 4.69) is 21.7 Å². The Labute approximate surface area is 210 Å². The number of nitriles is 1. The van der Waals surface area contributed by atoms with Gasteiger partial charge >= 0.3 is 0 Å². The molecular weight excluding hydrogens is 458 g/mol. The summed E-state index contributed by atoms with van der Waals surface area (Å²) in [7, 11) is 1.59. The van der Waals surface area contributed by atoms with Crippen molar-refractivity contribution in [2.24, 2.45) is 17.8 Å². The molecule has 5 rings (SSSR count). The predicted molar refractivity (Wildman–Crippen MR) is 133 cm³/mol. The highest BCUT2D eigenvalue weighted by molar-refractivity contribution is 6.02. The van der Waals surface area contributed by atoms with Gasteiger partial charge in [0.05, 0.1) is 13.2 Å². The lowest BCUT2D eigenvalue weighted by atomic mass is 9.78. The minimum atomic E-state index is -0.775. The molecule has 0 spiro atoms. The van der Waals surface area contributed by atoms with E-state index in [1.807, 2.05) is 18.2 Å². The zero-order valence-electron chi connectivity index (χ0n) is 20.6. The maximum absolute atomic E-state index is 13.7. The van der Waals surface area contributed by atoms with Crippen molar-refractivity contribution in [3.8, 4) is 11.8 Å². The summed E-state index contributed by atoms with van der Waals surface area (Å²) >= 11 is 0. The Hall–Kier alpha value is -3.54. The summed E-state index contributed by atoms with van der Waals surface area (Å²) in [6.45, 7) is 1.18. The van der Waals surface area contributed by atoms with Crippen molar-refractivity contribution < 1.29 is 19.1 Å². The van der Waals surface area contributed by atoms with Gasteiger partial charge in [0.15, 0.2) is 0 Å². The molecule has 3 unspecified atom stereocenters. The molecule has 1 saturated carbocycles. The predicted octanol–water partition coefficient (Wildman–Crippen LogP) is 2.73. The molecule has 3 fully saturated rings. The average molecular weight is 492 g/mol. The zero-order chi connectivity index (χ0) is 25.2. The van der Waals surface area contributed by atoms with Gasteiger partial charge in [-0.15, -0.1) is 0 Å². The lowest BCUT2D eigenvalue weighted by Crippen LogP contribution is -2.52. The monoisotopic (exact) mass is 491 g/mol. The first kappa shape index (κ1) is 24.2. The van der Waals surface area contributed by atoms with Crippen molar-refractivity contribution in [1.82, 2.24) is 20.5 Å². The topological polar surface area (TPSA) is 127 Å². The summed E-state index contributed by atoms with van der Waals surface area (Å²) in [6, 6.07) is 8.14. The van der Waals surface area contributed by atoms with Gasteiger partial charge in [-0.1, -0.05) is 18.9 Å². The third-order valence-corrected chi connectivity index (χ3v) is 8.14. The number of hydrogen-bond acceptors (Lipinski definition) is 5. The number of piperidine rings is 1. The van der Waals surface area contributed by atoms with Crippen molar-refractivity contribution in [3.05, 3.63) is 30.0 Å². The number of amides is 3. The second-order valence-corrected chi connectivity index (χ2v) is 10.3. The molecule has 3 N–H and O–H groups in total. The lowest BCUT2D eigenvalue weighted by molar-refractivity contribution is -0.129. The van der Waals surface area contributed by atoms with E-state index < -0.39 is 12.1 Å². The van der Waals surface area contributed by atoms with Crippen LogP contribution in [-0.2, 0) is 9.59 Å². The van der Waals surface area contributed by atoms with Crippen LogP contribution in [0.1, 0.15) is 55.4 Å². The fourth-order valence-corrected chi connectivity index (χ4v) is 6.34. The molecule has 3 heterocycles. The molecule has 1 aliphatic carbocycles. The van der Waals surface area contributed by atoms with E-state index in [1.54, 1.807) is 18.1 Å². The summed E-state index contributed by atoms with van der Waals surface area (Å²) in [4.78, 5) is 44.5. The first-order valence-corrected chi connectivity index (χ1v) is 12.9. The van der Waals surface area contributed by atoms with Crippen LogP contribution in [-0.4, -0.2) is 59.9 Å². The SMILES string of the molecule is COc1cccc2[nH]c(C(=O)N3CC4CCCCC4[C@H]3C(=O)N[C@H](C#N)CC3CCCNC3=O)cc12. The third kappa shape index (κ3) is 4.52. The largest absolute Gasteiger partial charge is 0.496 e. The minimum absolute atomic E-state index is 0.0602. The molecule has 5 atom stereocenters. The summed E-state index contributed by atoms with van der Waals surface area (Å²) in [5.74, 6) is 0.151. The fraction of sp³-hybridized carbons (Fsp3) is 0.556. The molecular formula is C27H33N5O4. The zero-order valence-corrected chi connectivity index (χ0v) is 20.6. The van der Waals surface area contributed by atoms with Gasteiger partial charge in [0.1, 0.15) is 23.5 Å². The molecule has 2 saturated heterocycles. The van der Waals surface area contributed by atoms with E-state index in [1.165, 1.54) is 0 Å². The van der Waals surface area contributed by atoms with E-state index >= 15 is 0 Å². The van der Waals surface area contributed by atoms with Gasteiger partial charge in [0.2, 0.25) is 11.8 Å². The number of rotatable bonds is 6. The van der Waals surface area contributed by atoms with E-state index in [0.717, 1.165) is 43.0 Å². The van der Waals surface area contributed by atoms with Gasteiger partial charge in [-0.3, -0.25) is 14.4 Å². The smallest absolute Gasteiger partial charge is 0.271 e. The number of likely N-dealkylation sites (tertiary alicyclic amines) is 1. The summed E-state index contributed by atoms with van der Waals surface area (Å²) in [5, 5.41) is 16.3. The molecule has 0 bridgehead atoms. The normalized spacial score (nSPS) is 26.6. The molecule has 36 heavy (non-hydrogen) atoms. The molecule has 9 heteroatoms. The maximum Gasteiger partial charge on any atom is 0.271 e. The molecule has 0 radical (unpaired) electrons. The first-order valence-electron chi connectivity index (χ1n) is 12.9. The van der Waals surface area contributed by atoms with Crippen LogP contribution in [0.25, 0.3) is 10.9 Å². The second-order valence-electron chi connectivity index (χ2n) is 10.3. The Morgan fingerprint density at radius 1 is 1.25 bits per heavy atom. The molecule has 2 aliphatic heterocycles. The van der Waals surface area contributed by atoms with Crippen LogP contribution in [0.5, 0.6) is 5.75 Å². The van der Waals surface area contributed by atoms with Gasteiger partial charge in [-0.05, 0) is 62.1 Å². The number of ether oxygens (including phenoxy) is 1. The maximum atomic E-state index is 13.7. The number of carbonyl (C=O) groups is 3. The number of H-pyrrole nitrogens is 1. The van der Waals surface area contributed by atoms with Gasteiger partial charge in [0, 0.05) is 29.9 Å². The van der Waals surface area contributed by atoms with Crippen LogP contribution < -0.4 is 15.4 Å². The Morgan fingerprint density at radius 2 is 2.08 bits per heavy atom. The van der Waals surface area contributed by atoms with E-state index in [4.69, 9.17) is 4.74 Å². The van der Waals surface area contributed by atoms with Gasteiger partial charge in [-0.2, -0.15) is 5.26 Å². The van der Waals surface area contributed by atoms with Crippen LogP contribution >= 0.6 is 0 Å². The van der Waals surface area contributed by atoms with E-state index in [-0.39, 0.29) is 41.9 Å². The summed E-state index contributed by atoms with van der Waals surface area (Å²) in [5.41, 5.74) is 1.22. The highest BCUT2D eigenvalue weighted by Gasteiger charge is 2.49. The van der Waals surface area contributed by atoms with Gasteiger partial charge in [0.25, 0.3) is 5.91 Å². The number of aromatic nitrogens is 1. The number of hydrogen-bond donors (Lipinski definition) is 3. The highest BCUT2D eigenvalue weighted by atomic mass is 16.5. The summed E-state index contributed by atoms with van der Waals surface area (Å²) in [6.07, 6.45) is 5.86. The first-order chi connectivity index (χ1) is 17.5. The van der Waals surface area contributed by atoms with Crippen molar-refractivity contribution in [1.29, 1.82) is 5.26 Å². The number of aromatic amines is 1. The molecule has 3 amide bonds.